The van der Waals surface area contributed by atoms with Crippen molar-refractivity contribution < 1.29 is 14.0 Å². The van der Waals surface area contributed by atoms with Gasteiger partial charge in [-0.2, -0.15) is 0 Å². The number of nitrogens with zero attached hydrogens (tertiary/aromatic N) is 4. The van der Waals surface area contributed by atoms with Gasteiger partial charge in [0.15, 0.2) is 10.9 Å². The molecule has 1 aliphatic rings. The van der Waals surface area contributed by atoms with Crippen LogP contribution in [0.3, 0.4) is 0 Å². The van der Waals surface area contributed by atoms with Crippen LogP contribution in [-0.4, -0.2) is 57.8 Å². The summed E-state index contributed by atoms with van der Waals surface area (Å²) in [6.45, 7) is 5.86. The maximum absolute atomic E-state index is 13.2. The number of thioether (sulfide) groups is 1. The fourth-order valence-electron chi connectivity index (χ4n) is 3.59. The second-order valence-corrected chi connectivity index (χ2v) is 8.38. The number of rotatable bonds is 5. The summed E-state index contributed by atoms with van der Waals surface area (Å²) in [4.78, 5) is 38.1. The van der Waals surface area contributed by atoms with Crippen LogP contribution in [0.1, 0.15) is 37.9 Å². The average molecular weight is 437 g/mol. The van der Waals surface area contributed by atoms with Crippen LogP contribution in [0.4, 0.5) is 0 Å². The molecule has 8 heteroatoms. The number of benzene rings is 1. The molecule has 3 heterocycles. The van der Waals surface area contributed by atoms with Crippen molar-refractivity contribution >= 4 is 23.6 Å². The largest absolute Gasteiger partial charge is 0.459 e. The summed E-state index contributed by atoms with van der Waals surface area (Å²) >= 11 is 1.53. The van der Waals surface area contributed by atoms with Gasteiger partial charge in [-0.1, -0.05) is 30.0 Å². The molecule has 0 N–H and O–H groups in total. The van der Waals surface area contributed by atoms with Crippen molar-refractivity contribution in [2.75, 3.05) is 26.2 Å². The Morgan fingerprint density at radius 1 is 0.935 bits per heavy atom. The zero-order chi connectivity index (χ0) is 21.8. The molecule has 7 nitrogen and oxygen atoms in total. The first kappa shape index (κ1) is 21.1. The van der Waals surface area contributed by atoms with E-state index in [2.05, 4.69) is 9.97 Å². The fourth-order valence-corrected chi connectivity index (χ4v) is 4.55. The lowest BCUT2D eigenvalue weighted by atomic mass is 10.1. The third-order valence-electron chi connectivity index (χ3n) is 5.15. The van der Waals surface area contributed by atoms with Crippen molar-refractivity contribution in [2.24, 2.45) is 0 Å². The number of carbonyl (C=O) groups is 2. The molecule has 4 rings (SSSR count). The number of carbonyl (C=O) groups excluding carboxylic acids is 2. The van der Waals surface area contributed by atoms with E-state index >= 15 is 0 Å². The number of piperazine rings is 1. The summed E-state index contributed by atoms with van der Waals surface area (Å²) in [6.07, 6.45) is 1.49. The Bertz CT molecular complexity index is 1060. The van der Waals surface area contributed by atoms with Crippen LogP contribution in [0.25, 0.3) is 0 Å². The molecule has 160 valence electrons. The Labute approximate surface area is 185 Å². The van der Waals surface area contributed by atoms with Crippen molar-refractivity contribution in [1.29, 1.82) is 0 Å². The van der Waals surface area contributed by atoms with Gasteiger partial charge in [-0.3, -0.25) is 9.59 Å². The molecule has 0 radical (unpaired) electrons. The Morgan fingerprint density at radius 3 is 2.23 bits per heavy atom. The number of hydrogen-bond donors (Lipinski definition) is 0. The van der Waals surface area contributed by atoms with Crippen molar-refractivity contribution in [2.45, 2.75) is 24.8 Å². The summed E-state index contributed by atoms with van der Waals surface area (Å²) in [5.41, 5.74) is 3.50. The lowest BCUT2D eigenvalue weighted by molar-refractivity contribution is 0.0517. The standard InChI is InChI=1S/C23H24N4O3S/c1-16-14-17(2)25-23(24-16)31-15-18-6-3-4-7-19(18)21(28)26-9-11-27(12-10-26)22(29)20-8-5-13-30-20/h3-8,13-14H,9-12,15H2,1-2H3. The zero-order valence-electron chi connectivity index (χ0n) is 17.6. The monoisotopic (exact) mass is 436 g/mol. The van der Waals surface area contributed by atoms with Crippen LogP contribution < -0.4 is 0 Å². The van der Waals surface area contributed by atoms with E-state index < -0.39 is 0 Å². The van der Waals surface area contributed by atoms with Crippen molar-refractivity contribution in [3.05, 3.63) is 77.0 Å². The SMILES string of the molecule is Cc1cc(C)nc(SCc2ccccc2C(=O)N2CCN(C(=O)c3ccco3)CC2)n1. The van der Waals surface area contributed by atoms with Gasteiger partial charge in [0, 0.05) is 48.9 Å². The normalized spacial score (nSPS) is 14.0. The molecule has 0 saturated carbocycles. The van der Waals surface area contributed by atoms with Gasteiger partial charge in [-0.05, 0) is 43.7 Å². The lowest BCUT2D eigenvalue weighted by Gasteiger charge is -2.34. The first-order chi connectivity index (χ1) is 15.0. The average Bonchev–Trinajstić information content (AvgIpc) is 3.31. The number of furan rings is 1. The van der Waals surface area contributed by atoms with Gasteiger partial charge in [0.1, 0.15) is 0 Å². The predicted octanol–water partition coefficient (Wildman–Crippen LogP) is 3.58. The molecule has 31 heavy (non-hydrogen) atoms. The molecule has 0 atom stereocenters. The highest BCUT2D eigenvalue weighted by molar-refractivity contribution is 7.98. The molecule has 2 amide bonds. The minimum atomic E-state index is -0.137. The fraction of sp³-hybridized carbons (Fsp3) is 0.304. The highest BCUT2D eigenvalue weighted by Crippen LogP contribution is 2.23. The van der Waals surface area contributed by atoms with Crippen LogP contribution in [0.2, 0.25) is 0 Å². The Balaban J connectivity index is 1.41. The van der Waals surface area contributed by atoms with E-state index in [9.17, 15) is 9.59 Å². The summed E-state index contributed by atoms with van der Waals surface area (Å²) < 4.78 is 5.20. The van der Waals surface area contributed by atoms with Crippen molar-refractivity contribution in [3.63, 3.8) is 0 Å². The van der Waals surface area contributed by atoms with E-state index in [1.165, 1.54) is 18.0 Å². The molecule has 1 aliphatic heterocycles. The summed E-state index contributed by atoms with van der Waals surface area (Å²) in [5.74, 6) is 0.794. The molecular weight excluding hydrogens is 412 g/mol. The second-order valence-electron chi connectivity index (χ2n) is 7.44. The Hall–Kier alpha value is -3.13. The number of aryl methyl sites for hydroxylation is 2. The second kappa shape index (κ2) is 9.34. The maximum Gasteiger partial charge on any atom is 0.289 e. The number of amides is 2. The zero-order valence-corrected chi connectivity index (χ0v) is 18.4. The van der Waals surface area contributed by atoms with Crippen LogP contribution in [0, 0.1) is 13.8 Å². The van der Waals surface area contributed by atoms with Gasteiger partial charge in [0.25, 0.3) is 11.8 Å². The maximum atomic E-state index is 13.2. The van der Waals surface area contributed by atoms with E-state index in [-0.39, 0.29) is 11.8 Å². The van der Waals surface area contributed by atoms with E-state index in [1.54, 1.807) is 17.0 Å². The van der Waals surface area contributed by atoms with Gasteiger partial charge in [-0.15, -0.1) is 0 Å². The molecule has 0 unspecified atom stereocenters. The van der Waals surface area contributed by atoms with Gasteiger partial charge in [0.05, 0.1) is 6.26 Å². The molecule has 1 saturated heterocycles. The highest BCUT2D eigenvalue weighted by atomic mass is 32.2. The molecule has 0 spiro atoms. The Morgan fingerprint density at radius 2 is 1.58 bits per heavy atom. The molecule has 0 aliphatic carbocycles. The van der Waals surface area contributed by atoms with Crippen LogP contribution in [-0.2, 0) is 5.75 Å². The lowest BCUT2D eigenvalue weighted by Crippen LogP contribution is -2.50. The van der Waals surface area contributed by atoms with Crippen LogP contribution >= 0.6 is 11.8 Å². The number of hydrogen-bond acceptors (Lipinski definition) is 6. The molecule has 0 bridgehead atoms. The molecular formula is C23H24N4O3S. The molecule has 1 fully saturated rings. The quantitative estimate of drug-likeness (QED) is 0.449. The minimum Gasteiger partial charge on any atom is -0.459 e. The summed E-state index contributed by atoms with van der Waals surface area (Å²) in [5, 5.41) is 0.713. The number of aromatic nitrogens is 2. The third-order valence-corrected chi connectivity index (χ3v) is 6.05. The van der Waals surface area contributed by atoms with Gasteiger partial charge < -0.3 is 14.2 Å². The highest BCUT2D eigenvalue weighted by Gasteiger charge is 2.27. The van der Waals surface area contributed by atoms with Gasteiger partial charge in [0.2, 0.25) is 0 Å². The predicted molar refractivity (Wildman–Crippen MR) is 118 cm³/mol. The minimum absolute atomic E-state index is 0.0114. The Kier molecular flexibility index (Phi) is 6.36. The molecule has 3 aromatic rings. The van der Waals surface area contributed by atoms with E-state index in [0.29, 0.717) is 48.4 Å². The van der Waals surface area contributed by atoms with E-state index in [4.69, 9.17) is 4.42 Å². The van der Waals surface area contributed by atoms with Gasteiger partial charge >= 0.3 is 0 Å². The van der Waals surface area contributed by atoms with Crippen LogP contribution in [0.15, 0.2) is 58.3 Å². The summed E-state index contributed by atoms with van der Waals surface area (Å²) in [6, 6.07) is 13.0. The first-order valence-electron chi connectivity index (χ1n) is 10.2. The smallest absolute Gasteiger partial charge is 0.289 e. The third kappa shape index (κ3) is 4.96. The van der Waals surface area contributed by atoms with E-state index in [1.807, 2.05) is 49.1 Å². The van der Waals surface area contributed by atoms with E-state index in [0.717, 1.165) is 17.0 Å². The summed E-state index contributed by atoms with van der Waals surface area (Å²) in [7, 11) is 0. The topological polar surface area (TPSA) is 79.5 Å². The molecule has 2 aromatic heterocycles. The van der Waals surface area contributed by atoms with Crippen molar-refractivity contribution in [3.8, 4) is 0 Å². The van der Waals surface area contributed by atoms with Gasteiger partial charge in [-0.25, -0.2) is 9.97 Å². The molecule has 1 aromatic carbocycles. The van der Waals surface area contributed by atoms with Crippen LogP contribution in [0.5, 0.6) is 0 Å². The van der Waals surface area contributed by atoms with Crippen molar-refractivity contribution in [1.82, 2.24) is 19.8 Å². The first-order valence-corrected chi connectivity index (χ1v) is 11.1.